The standard InChI is InChI=1S/C10H16N2O3/c1-3-12-6-7(5-11-12)15-9-4-8(13)10(9)14-2/h5-6,8-10,13H,3-4H2,1-2H3. The van der Waals surface area contributed by atoms with E-state index in [1.165, 1.54) is 0 Å². The summed E-state index contributed by atoms with van der Waals surface area (Å²) in [4.78, 5) is 0. The number of aliphatic hydroxyl groups is 1. The monoisotopic (exact) mass is 212 g/mol. The lowest BCUT2D eigenvalue weighted by atomic mass is 9.88. The summed E-state index contributed by atoms with van der Waals surface area (Å²) in [5, 5.41) is 13.5. The minimum atomic E-state index is -0.402. The maximum atomic E-state index is 9.38. The molecular formula is C10H16N2O3. The molecule has 1 heterocycles. The Balaban J connectivity index is 1.92. The second-order valence-electron chi connectivity index (χ2n) is 3.69. The van der Waals surface area contributed by atoms with Gasteiger partial charge in [-0.3, -0.25) is 4.68 Å². The summed E-state index contributed by atoms with van der Waals surface area (Å²) >= 11 is 0. The number of aryl methyl sites for hydroxylation is 1. The van der Waals surface area contributed by atoms with Crippen molar-refractivity contribution in [1.29, 1.82) is 0 Å². The predicted molar refractivity (Wildman–Crippen MR) is 53.7 cm³/mol. The summed E-state index contributed by atoms with van der Waals surface area (Å²) in [6, 6.07) is 0. The van der Waals surface area contributed by atoms with Crippen LogP contribution in [0.4, 0.5) is 0 Å². The lowest BCUT2D eigenvalue weighted by Crippen LogP contribution is -2.54. The Morgan fingerprint density at radius 1 is 1.67 bits per heavy atom. The van der Waals surface area contributed by atoms with Gasteiger partial charge in [-0.2, -0.15) is 5.10 Å². The van der Waals surface area contributed by atoms with Crippen LogP contribution in [-0.4, -0.2) is 40.3 Å². The zero-order valence-electron chi connectivity index (χ0n) is 8.96. The molecule has 15 heavy (non-hydrogen) atoms. The highest BCUT2D eigenvalue weighted by atomic mass is 16.6. The molecule has 84 valence electrons. The van der Waals surface area contributed by atoms with E-state index >= 15 is 0 Å². The third-order valence-electron chi connectivity index (χ3n) is 2.71. The number of rotatable bonds is 4. The molecule has 1 aliphatic rings. The van der Waals surface area contributed by atoms with E-state index in [4.69, 9.17) is 9.47 Å². The minimum absolute atomic E-state index is 0.0560. The molecule has 3 atom stereocenters. The molecule has 5 heteroatoms. The molecule has 1 aromatic heterocycles. The van der Waals surface area contributed by atoms with Gasteiger partial charge in [0.1, 0.15) is 12.2 Å². The summed E-state index contributed by atoms with van der Waals surface area (Å²) in [5.74, 6) is 0.732. The number of hydrogen-bond donors (Lipinski definition) is 1. The van der Waals surface area contributed by atoms with Gasteiger partial charge in [-0.25, -0.2) is 0 Å². The molecule has 0 saturated heterocycles. The van der Waals surface area contributed by atoms with Gasteiger partial charge in [-0.1, -0.05) is 0 Å². The van der Waals surface area contributed by atoms with Crippen molar-refractivity contribution in [2.24, 2.45) is 0 Å². The first-order valence-corrected chi connectivity index (χ1v) is 5.14. The van der Waals surface area contributed by atoms with Crippen molar-refractivity contribution in [1.82, 2.24) is 9.78 Å². The second-order valence-corrected chi connectivity index (χ2v) is 3.69. The van der Waals surface area contributed by atoms with Gasteiger partial charge < -0.3 is 14.6 Å². The summed E-state index contributed by atoms with van der Waals surface area (Å²) in [6.07, 6.45) is 3.48. The normalized spacial score (nSPS) is 29.9. The number of methoxy groups -OCH3 is 1. The fourth-order valence-electron chi connectivity index (χ4n) is 1.74. The molecule has 2 rings (SSSR count). The van der Waals surface area contributed by atoms with Gasteiger partial charge in [0.05, 0.1) is 18.5 Å². The van der Waals surface area contributed by atoms with Crippen LogP contribution in [0.5, 0.6) is 5.75 Å². The van der Waals surface area contributed by atoms with Crippen LogP contribution in [0.15, 0.2) is 12.4 Å². The molecule has 1 aromatic rings. The molecular weight excluding hydrogens is 196 g/mol. The van der Waals surface area contributed by atoms with Crippen molar-refractivity contribution in [3.8, 4) is 5.75 Å². The summed E-state index contributed by atoms with van der Waals surface area (Å²) in [7, 11) is 1.58. The summed E-state index contributed by atoms with van der Waals surface area (Å²) in [5.41, 5.74) is 0. The quantitative estimate of drug-likeness (QED) is 0.786. The van der Waals surface area contributed by atoms with Crippen molar-refractivity contribution in [2.45, 2.75) is 38.2 Å². The summed E-state index contributed by atoms with van der Waals surface area (Å²) < 4.78 is 12.6. The molecule has 0 aromatic carbocycles. The maximum Gasteiger partial charge on any atom is 0.157 e. The molecule has 1 aliphatic carbocycles. The molecule has 0 amide bonds. The molecule has 5 nitrogen and oxygen atoms in total. The molecule has 1 N–H and O–H groups in total. The summed E-state index contributed by atoms with van der Waals surface area (Å²) in [6.45, 7) is 2.84. The van der Waals surface area contributed by atoms with Crippen LogP contribution in [0.3, 0.4) is 0 Å². The fraction of sp³-hybridized carbons (Fsp3) is 0.700. The van der Waals surface area contributed by atoms with Crippen molar-refractivity contribution in [2.75, 3.05) is 7.11 Å². The minimum Gasteiger partial charge on any atom is -0.484 e. The predicted octanol–water partition coefficient (Wildman–Crippen LogP) is 0.430. The largest absolute Gasteiger partial charge is 0.484 e. The van der Waals surface area contributed by atoms with E-state index in [0.717, 1.165) is 12.3 Å². The molecule has 0 spiro atoms. The Morgan fingerprint density at radius 2 is 2.47 bits per heavy atom. The van der Waals surface area contributed by atoms with Crippen LogP contribution in [0.25, 0.3) is 0 Å². The van der Waals surface area contributed by atoms with Crippen LogP contribution in [-0.2, 0) is 11.3 Å². The van der Waals surface area contributed by atoms with E-state index < -0.39 is 6.10 Å². The number of hydrogen-bond acceptors (Lipinski definition) is 4. The van der Waals surface area contributed by atoms with E-state index in [2.05, 4.69) is 5.10 Å². The van der Waals surface area contributed by atoms with Crippen molar-refractivity contribution >= 4 is 0 Å². The fourth-order valence-corrected chi connectivity index (χ4v) is 1.74. The van der Waals surface area contributed by atoms with Gasteiger partial charge in [0.2, 0.25) is 0 Å². The van der Waals surface area contributed by atoms with E-state index in [-0.39, 0.29) is 12.2 Å². The van der Waals surface area contributed by atoms with Crippen molar-refractivity contribution in [3.63, 3.8) is 0 Å². The first kappa shape index (κ1) is 10.4. The third kappa shape index (κ3) is 1.98. The SMILES string of the molecule is CCn1cc(OC2CC(O)C2OC)cn1. The molecule has 0 bridgehead atoms. The second kappa shape index (κ2) is 4.20. The molecule has 0 radical (unpaired) electrons. The zero-order chi connectivity index (χ0) is 10.8. The lowest BCUT2D eigenvalue weighted by molar-refractivity contribution is -0.149. The first-order chi connectivity index (χ1) is 7.24. The number of ether oxygens (including phenoxy) is 2. The van der Waals surface area contributed by atoms with Crippen LogP contribution in [0.2, 0.25) is 0 Å². The number of aliphatic hydroxyl groups excluding tert-OH is 1. The van der Waals surface area contributed by atoms with E-state index in [1.807, 2.05) is 13.1 Å². The lowest BCUT2D eigenvalue weighted by Gasteiger charge is -2.39. The Bertz CT molecular complexity index is 326. The van der Waals surface area contributed by atoms with Gasteiger partial charge >= 0.3 is 0 Å². The average Bonchev–Trinajstić information content (AvgIpc) is 2.65. The van der Waals surface area contributed by atoms with Crippen LogP contribution in [0, 0.1) is 0 Å². The Hall–Kier alpha value is -1.07. The van der Waals surface area contributed by atoms with Gasteiger partial charge in [0.25, 0.3) is 0 Å². The van der Waals surface area contributed by atoms with Crippen LogP contribution in [0.1, 0.15) is 13.3 Å². The van der Waals surface area contributed by atoms with Gasteiger partial charge in [0.15, 0.2) is 5.75 Å². The first-order valence-electron chi connectivity index (χ1n) is 5.14. The zero-order valence-corrected chi connectivity index (χ0v) is 8.96. The molecule has 1 fully saturated rings. The molecule has 0 aliphatic heterocycles. The Morgan fingerprint density at radius 3 is 3.00 bits per heavy atom. The topological polar surface area (TPSA) is 56.5 Å². The van der Waals surface area contributed by atoms with E-state index in [1.54, 1.807) is 18.0 Å². The van der Waals surface area contributed by atoms with Crippen LogP contribution >= 0.6 is 0 Å². The van der Waals surface area contributed by atoms with Gasteiger partial charge in [-0.05, 0) is 6.92 Å². The van der Waals surface area contributed by atoms with Crippen LogP contribution < -0.4 is 4.74 Å². The highest BCUT2D eigenvalue weighted by Crippen LogP contribution is 2.28. The van der Waals surface area contributed by atoms with E-state index in [9.17, 15) is 5.11 Å². The molecule has 1 saturated carbocycles. The highest BCUT2D eigenvalue weighted by Gasteiger charge is 2.42. The number of nitrogens with zero attached hydrogens (tertiary/aromatic N) is 2. The van der Waals surface area contributed by atoms with Gasteiger partial charge in [-0.15, -0.1) is 0 Å². The van der Waals surface area contributed by atoms with E-state index in [0.29, 0.717) is 6.42 Å². The van der Waals surface area contributed by atoms with Crippen molar-refractivity contribution < 1.29 is 14.6 Å². The highest BCUT2D eigenvalue weighted by molar-refractivity contribution is 5.14. The van der Waals surface area contributed by atoms with Crippen molar-refractivity contribution in [3.05, 3.63) is 12.4 Å². The smallest absolute Gasteiger partial charge is 0.157 e. The average molecular weight is 212 g/mol. The van der Waals surface area contributed by atoms with Gasteiger partial charge in [0, 0.05) is 20.1 Å². The maximum absolute atomic E-state index is 9.38. The Labute approximate surface area is 88.6 Å². The Kier molecular flexibility index (Phi) is 2.93. The third-order valence-corrected chi connectivity index (χ3v) is 2.71. The number of aromatic nitrogens is 2. The molecule has 3 unspecified atom stereocenters.